The summed E-state index contributed by atoms with van der Waals surface area (Å²) in [5.41, 5.74) is 2.14. The second kappa shape index (κ2) is 12.8. The molecule has 31 heavy (non-hydrogen) atoms. The third-order valence-electron chi connectivity index (χ3n) is 5.26. The van der Waals surface area contributed by atoms with Gasteiger partial charge in [0.15, 0.2) is 17.5 Å². The van der Waals surface area contributed by atoms with E-state index >= 15 is 0 Å². The summed E-state index contributed by atoms with van der Waals surface area (Å²) in [6.45, 7) is 9.08. The number of methoxy groups -OCH3 is 1. The minimum Gasteiger partial charge on any atom is -0.494 e. The van der Waals surface area contributed by atoms with Crippen LogP contribution in [0.5, 0.6) is 5.75 Å². The quantitative estimate of drug-likeness (QED) is 0.304. The number of guanidine groups is 1. The zero-order valence-electron chi connectivity index (χ0n) is 18.6. The number of likely N-dealkylation sites (tertiary alicyclic amines) is 1. The van der Waals surface area contributed by atoms with Gasteiger partial charge in [0.25, 0.3) is 0 Å². The van der Waals surface area contributed by atoms with Crippen LogP contribution in [0.15, 0.2) is 35.6 Å². The highest BCUT2D eigenvalue weighted by Gasteiger charge is 2.20. The number of aliphatic imine (C=N–C) groups is 1. The largest absolute Gasteiger partial charge is 0.494 e. The first kappa shape index (κ1) is 25.4. The number of nitrogens with zero attached hydrogens (tertiary/aromatic N) is 4. The average Bonchev–Trinajstić information content (AvgIpc) is 3.15. The summed E-state index contributed by atoms with van der Waals surface area (Å²) in [5, 5.41) is 11.2. The Morgan fingerprint density at radius 3 is 2.71 bits per heavy atom. The number of hydrogen-bond acceptors (Lipinski definition) is 4. The third-order valence-corrected chi connectivity index (χ3v) is 5.26. The maximum absolute atomic E-state index is 13.9. The van der Waals surface area contributed by atoms with Gasteiger partial charge in [-0.25, -0.2) is 4.39 Å². The van der Waals surface area contributed by atoms with E-state index in [4.69, 9.17) is 9.73 Å². The highest BCUT2D eigenvalue weighted by atomic mass is 127. The molecule has 3 rings (SSSR count). The van der Waals surface area contributed by atoms with Gasteiger partial charge in [0.2, 0.25) is 0 Å². The van der Waals surface area contributed by atoms with Gasteiger partial charge >= 0.3 is 0 Å². The fourth-order valence-corrected chi connectivity index (χ4v) is 3.67. The summed E-state index contributed by atoms with van der Waals surface area (Å²) < 4.78 is 20.8. The van der Waals surface area contributed by atoms with E-state index < -0.39 is 0 Å². The molecule has 9 heteroatoms. The fraction of sp³-hybridized carbons (Fsp3) is 0.545. The van der Waals surface area contributed by atoms with Crippen molar-refractivity contribution < 1.29 is 9.13 Å². The van der Waals surface area contributed by atoms with Gasteiger partial charge in [-0.05, 0) is 49.9 Å². The average molecular weight is 544 g/mol. The standard InChI is InChI=1S/C22H33FN6O.HI/c1-4-24-22(25-9-12-29-15-17(2)14-26-29)27-19-7-10-28(11-8-19)16-18-5-6-21(30-3)20(23)13-18;/h5-6,13-15,19H,4,7-12,16H2,1-3H3,(H2,24,25,27);1H. The Morgan fingerprint density at radius 1 is 1.32 bits per heavy atom. The van der Waals surface area contributed by atoms with E-state index in [1.165, 1.54) is 7.11 Å². The molecular formula is C22H34FIN6O. The highest BCUT2D eigenvalue weighted by molar-refractivity contribution is 14.0. The zero-order chi connectivity index (χ0) is 21.3. The van der Waals surface area contributed by atoms with Crippen molar-refractivity contribution >= 4 is 29.9 Å². The molecule has 1 fully saturated rings. The number of aromatic nitrogens is 2. The molecule has 0 bridgehead atoms. The first-order valence-electron chi connectivity index (χ1n) is 10.7. The number of hydrogen-bond donors (Lipinski definition) is 2. The van der Waals surface area contributed by atoms with E-state index in [0.29, 0.717) is 18.3 Å². The lowest BCUT2D eigenvalue weighted by Crippen LogP contribution is -2.48. The van der Waals surface area contributed by atoms with E-state index in [2.05, 4.69) is 27.6 Å². The van der Waals surface area contributed by atoms with Crippen LogP contribution in [-0.2, 0) is 13.1 Å². The first-order chi connectivity index (χ1) is 14.6. The van der Waals surface area contributed by atoms with Crippen LogP contribution in [0.2, 0.25) is 0 Å². The zero-order valence-corrected chi connectivity index (χ0v) is 20.9. The topological polar surface area (TPSA) is 66.7 Å². The summed E-state index contributed by atoms with van der Waals surface area (Å²) >= 11 is 0. The normalized spacial score (nSPS) is 15.4. The molecule has 0 unspecified atom stereocenters. The lowest BCUT2D eigenvalue weighted by molar-refractivity contribution is 0.198. The minimum absolute atomic E-state index is 0. The number of ether oxygens (including phenoxy) is 1. The molecule has 2 heterocycles. The van der Waals surface area contributed by atoms with Gasteiger partial charge in [0.05, 0.1) is 26.4 Å². The molecule has 0 saturated carbocycles. The van der Waals surface area contributed by atoms with Crippen molar-refractivity contribution in [2.45, 2.75) is 45.8 Å². The van der Waals surface area contributed by atoms with Gasteiger partial charge in [-0.15, -0.1) is 24.0 Å². The smallest absolute Gasteiger partial charge is 0.191 e. The molecule has 0 atom stereocenters. The van der Waals surface area contributed by atoms with Gasteiger partial charge in [-0.3, -0.25) is 14.6 Å². The van der Waals surface area contributed by atoms with Gasteiger partial charge < -0.3 is 15.4 Å². The highest BCUT2D eigenvalue weighted by Crippen LogP contribution is 2.20. The summed E-state index contributed by atoms with van der Waals surface area (Å²) in [5.74, 6) is 0.847. The van der Waals surface area contributed by atoms with Crippen molar-refractivity contribution in [1.82, 2.24) is 25.3 Å². The fourth-order valence-electron chi connectivity index (χ4n) is 3.67. The van der Waals surface area contributed by atoms with Crippen LogP contribution >= 0.6 is 24.0 Å². The van der Waals surface area contributed by atoms with Crippen molar-refractivity contribution in [3.63, 3.8) is 0 Å². The maximum Gasteiger partial charge on any atom is 0.191 e. The molecule has 1 aliphatic rings. The Morgan fingerprint density at radius 2 is 2.10 bits per heavy atom. The van der Waals surface area contributed by atoms with Gasteiger partial charge in [-0.1, -0.05) is 6.07 Å². The SMILES string of the molecule is CCNC(=NCCn1cc(C)cn1)NC1CCN(Cc2ccc(OC)c(F)c2)CC1.I. The van der Waals surface area contributed by atoms with Crippen molar-refractivity contribution in [2.24, 2.45) is 4.99 Å². The van der Waals surface area contributed by atoms with Crippen LogP contribution in [0.25, 0.3) is 0 Å². The molecule has 2 N–H and O–H groups in total. The monoisotopic (exact) mass is 544 g/mol. The molecule has 2 aromatic rings. The number of aryl methyl sites for hydroxylation is 1. The lowest BCUT2D eigenvalue weighted by Gasteiger charge is -2.33. The summed E-state index contributed by atoms with van der Waals surface area (Å²) in [4.78, 5) is 7.06. The molecule has 7 nitrogen and oxygen atoms in total. The van der Waals surface area contributed by atoms with Crippen LogP contribution < -0.4 is 15.4 Å². The molecule has 172 valence electrons. The van der Waals surface area contributed by atoms with E-state index in [-0.39, 0.29) is 29.8 Å². The van der Waals surface area contributed by atoms with Crippen molar-refractivity contribution in [1.29, 1.82) is 0 Å². The lowest BCUT2D eigenvalue weighted by atomic mass is 10.0. The van der Waals surface area contributed by atoms with E-state index in [9.17, 15) is 4.39 Å². The number of benzene rings is 1. The van der Waals surface area contributed by atoms with E-state index in [1.807, 2.05) is 30.1 Å². The Balaban J connectivity index is 0.00000341. The molecule has 0 amide bonds. The van der Waals surface area contributed by atoms with Crippen LogP contribution in [0.4, 0.5) is 4.39 Å². The van der Waals surface area contributed by atoms with Crippen molar-refractivity contribution in [2.75, 3.05) is 33.3 Å². The first-order valence-corrected chi connectivity index (χ1v) is 10.7. The van der Waals surface area contributed by atoms with Crippen LogP contribution in [0, 0.1) is 12.7 Å². The van der Waals surface area contributed by atoms with Crippen LogP contribution in [0.3, 0.4) is 0 Å². The van der Waals surface area contributed by atoms with Crippen LogP contribution in [0.1, 0.15) is 30.9 Å². The predicted molar refractivity (Wildman–Crippen MR) is 133 cm³/mol. The Bertz CT molecular complexity index is 835. The summed E-state index contributed by atoms with van der Waals surface area (Å²) in [6, 6.07) is 5.59. The van der Waals surface area contributed by atoms with Gasteiger partial charge in [0, 0.05) is 38.4 Å². The molecular weight excluding hydrogens is 510 g/mol. The second-order valence-corrected chi connectivity index (χ2v) is 7.71. The maximum atomic E-state index is 13.9. The third kappa shape index (κ3) is 7.95. The number of rotatable bonds is 8. The molecule has 1 aliphatic heterocycles. The predicted octanol–water partition coefficient (Wildman–Crippen LogP) is 3.18. The molecule has 0 radical (unpaired) electrons. The van der Waals surface area contributed by atoms with E-state index in [0.717, 1.165) is 62.7 Å². The van der Waals surface area contributed by atoms with Crippen LogP contribution in [-0.4, -0.2) is 60.0 Å². The molecule has 1 saturated heterocycles. The summed E-state index contributed by atoms with van der Waals surface area (Å²) in [6.07, 6.45) is 5.95. The minimum atomic E-state index is -0.302. The number of nitrogens with one attached hydrogen (secondary N) is 2. The second-order valence-electron chi connectivity index (χ2n) is 7.71. The summed E-state index contributed by atoms with van der Waals surface area (Å²) in [7, 11) is 1.49. The molecule has 0 aliphatic carbocycles. The number of piperidine rings is 1. The molecule has 1 aromatic carbocycles. The van der Waals surface area contributed by atoms with Gasteiger partial charge in [0.1, 0.15) is 0 Å². The van der Waals surface area contributed by atoms with Crippen molar-refractivity contribution in [3.05, 3.63) is 47.5 Å². The van der Waals surface area contributed by atoms with Gasteiger partial charge in [-0.2, -0.15) is 5.10 Å². The number of halogens is 2. The Kier molecular flexibility index (Phi) is 10.5. The Hall–Kier alpha value is -1.88. The van der Waals surface area contributed by atoms with E-state index in [1.54, 1.807) is 12.1 Å². The Labute approximate surface area is 201 Å². The molecule has 0 spiro atoms. The molecule has 1 aromatic heterocycles. The van der Waals surface area contributed by atoms with Crippen molar-refractivity contribution in [3.8, 4) is 5.75 Å².